The molecule has 0 unspecified atom stereocenters. The van der Waals surface area contributed by atoms with Crippen LogP contribution in [0.25, 0.3) is 10.6 Å². The maximum atomic E-state index is 12.2. The smallest absolute Gasteiger partial charge is 0.231 e. The summed E-state index contributed by atoms with van der Waals surface area (Å²) in [6.07, 6.45) is 4.20. The lowest BCUT2D eigenvalue weighted by atomic mass is 9.92. The fourth-order valence-electron chi connectivity index (χ4n) is 3.26. The first-order valence-electron chi connectivity index (χ1n) is 8.57. The number of nitrogens with zero attached hydrogens (tertiary/aromatic N) is 1. The molecule has 0 bridgehead atoms. The van der Waals surface area contributed by atoms with Crippen LogP contribution in [0, 0.1) is 0 Å². The van der Waals surface area contributed by atoms with E-state index in [1.54, 1.807) is 0 Å². The first-order chi connectivity index (χ1) is 12.2. The summed E-state index contributed by atoms with van der Waals surface area (Å²) in [6.45, 7) is 0.258. The van der Waals surface area contributed by atoms with Crippen LogP contribution in [0.4, 0.5) is 0 Å². The SMILES string of the molecule is NC1CCC(NC(=O)Cc2csc(-c3ccc4c(c3)OCO4)n2)CC1. The van der Waals surface area contributed by atoms with Crippen molar-refractivity contribution in [3.05, 3.63) is 29.3 Å². The standard InChI is InChI=1S/C18H21N3O3S/c19-12-2-4-13(5-3-12)20-17(22)8-14-9-25-18(21-14)11-1-6-15-16(7-11)24-10-23-15/h1,6-7,9,12-13H,2-5,8,10,19H2,(H,20,22). The van der Waals surface area contributed by atoms with Gasteiger partial charge in [0.05, 0.1) is 12.1 Å². The van der Waals surface area contributed by atoms with Crippen molar-refractivity contribution in [3.8, 4) is 22.1 Å². The number of aromatic nitrogens is 1. The molecule has 1 aliphatic carbocycles. The average molecular weight is 359 g/mol. The molecule has 0 spiro atoms. The lowest BCUT2D eigenvalue weighted by Crippen LogP contribution is -2.41. The summed E-state index contributed by atoms with van der Waals surface area (Å²) in [4.78, 5) is 16.8. The molecule has 0 saturated heterocycles. The number of carbonyl (C=O) groups excluding carboxylic acids is 1. The lowest BCUT2D eigenvalue weighted by molar-refractivity contribution is -0.121. The fourth-order valence-corrected chi connectivity index (χ4v) is 4.07. The van der Waals surface area contributed by atoms with Crippen LogP contribution in [0.15, 0.2) is 23.6 Å². The van der Waals surface area contributed by atoms with Crippen molar-refractivity contribution in [3.63, 3.8) is 0 Å². The molecule has 132 valence electrons. The summed E-state index contributed by atoms with van der Waals surface area (Å²) in [6, 6.07) is 6.31. The van der Waals surface area contributed by atoms with Gasteiger partial charge in [-0.15, -0.1) is 11.3 Å². The number of ether oxygens (including phenoxy) is 2. The van der Waals surface area contributed by atoms with Gasteiger partial charge in [0.2, 0.25) is 12.7 Å². The Bertz CT molecular complexity index is 769. The van der Waals surface area contributed by atoms with Gasteiger partial charge >= 0.3 is 0 Å². The minimum atomic E-state index is 0.0306. The van der Waals surface area contributed by atoms with E-state index in [1.165, 1.54) is 11.3 Å². The Labute approximate surface area is 150 Å². The zero-order chi connectivity index (χ0) is 17.2. The van der Waals surface area contributed by atoms with Crippen LogP contribution in [0.3, 0.4) is 0 Å². The number of thiazole rings is 1. The van der Waals surface area contributed by atoms with Gasteiger partial charge in [0.25, 0.3) is 0 Å². The molecule has 4 rings (SSSR count). The summed E-state index contributed by atoms with van der Waals surface area (Å²) in [5.41, 5.74) is 7.67. The number of hydrogen-bond acceptors (Lipinski definition) is 6. The Morgan fingerprint density at radius 2 is 2.04 bits per heavy atom. The van der Waals surface area contributed by atoms with Gasteiger partial charge in [0.1, 0.15) is 5.01 Å². The largest absolute Gasteiger partial charge is 0.454 e. The normalized spacial score (nSPS) is 22.0. The molecule has 1 saturated carbocycles. The highest BCUT2D eigenvalue weighted by Crippen LogP contribution is 2.36. The lowest BCUT2D eigenvalue weighted by Gasteiger charge is -2.26. The predicted octanol–water partition coefficient (Wildman–Crippen LogP) is 2.47. The molecular weight excluding hydrogens is 338 g/mol. The molecule has 6 nitrogen and oxygen atoms in total. The predicted molar refractivity (Wildman–Crippen MR) is 95.8 cm³/mol. The Hall–Kier alpha value is -2.12. The van der Waals surface area contributed by atoms with E-state index in [4.69, 9.17) is 15.2 Å². The Morgan fingerprint density at radius 3 is 2.88 bits per heavy atom. The van der Waals surface area contributed by atoms with Gasteiger partial charge < -0.3 is 20.5 Å². The van der Waals surface area contributed by atoms with Crippen molar-refractivity contribution in [2.45, 2.75) is 44.2 Å². The first-order valence-corrected chi connectivity index (χ1v) is 9.45. The fraction of sp³-hybridized carbons (Fsp3) is 0.444. The van der Waals surface area contributed by atoms with Crippen LogP contribution in [0.5, 0.6) is 11.5 Å². The minimum absolute atomic E-state index is 0.0306. The number of carbonyl (C=O) groups is 1. The average Bonchev–Trinajstić information content (AvgIpc) is 3.25. The Balaban J connectivity index is 1.37. The van der Waals surface area contributed by atoms with Crippen LogP contribution in [0.1, 0.15) is 31.4 Å². The maximum Gasteiger partial charge on any atom is 0.231 e. The molecule has 1 aromatic heterocycles. The van der Waals surface area contributed by atoms with Crippen LogP contribution in [-0.2, 0) is 11.2 Å². The number of nitrogens with one attached hydrogen (secondary N) is 1. The molecule has 1 aromatic carbocycles. The Kier molecular flexibility index (Phi) is 4.59. The van der Waals surface area contributed by atoms with E-state index < -0.39 is 0 Å². The molecule has 25 heavy (non-hydrogen) atoms. The highest BCUT2D eigenvalue weighted by molar-refractivity contribution is 7.13. The molecule has 2 aromatic rings. The number of amides is 1. The highest BCUT2D eigenvalue weighted by Gasteiger charge is 2.21. The summed E-state index contributed by atoms with van der Waals surface area (Å²) in [5, 5.41) is 5.92. The second-order valence-electron chi connectivity index (χ2n) is 6.57. The molecule has 2 aliphatic rings. The molecule has 1 fully saturated rings. The molecule has 2 heterocycles. The van der Waals surface area contributed by atoms with Crippen molar-refractivity contribution < 1.29 is 14.3 Å². The minimum Gasteiger partial charge on any atom is -0.454 e. The van der Waals surface area contributed by atoms with Gasteiger partial charge in [-0.1, -0.05) is 0 Å². The van der Waals surface area contributed by atoms with Crippen LogP contribution >= 0.6 is 11.3 Å². The van der Waals surface area contributed by atoms with Gasteiger partial charge in [-0.25, -0.2) is 4.98 Å². The van der Waals surface area contributed by atoms with E-state index in [2.05, 4.69) is 10.3 Å². The zero-order valence-corrected chi connectivity index (χ0v) is 14.7. The maximum absolute atomic E-state index is 12.2. The van der Waals surface area contributed by atoms with E-state index in [0.29, 0.717) is 6.42 Å². The van der Waals surface area contributed by atoms with Crippen molar-refractivity contribution in [1.82, 2.24) is 10.3 Å². The second kappa shape index (κ2) is 7.01. The van der Waals surface area contributed by atoms with Gasteiger partial charge in [0, 0.05) is 23.0 Å². The van der Waals surface area contributed by atoms with Gasteiger partial charge in [-0.05, 0) is 43.9 Å². The molecule has 0 radical (unpaired) electrons. The van der Waals surface area contributed by atoms with Crippen molar-refractivity contribution >= 4 is 17.2 Å². The van der Waals surface area contributed by atoms with E-state index in [0.717, 1.165) is 53.4 Å². The number of benzene rings is 1. The van der Waals surface area contributed by atoms with Crippen LogP contribution in [-0.4, -0.2) is 29.8 Å². The van der Waals surface area contributed by atoms with Crippen molar-refractivity contribution in [1.29, 1.82) is 0 Å². The summed E-state index contributed by atoms with van der Waals surface area (Å²) >= 11 is 1.53. The number of hydrogen-bond donors (Lipinski definition) is 2. The van der Waals surface area contributed by atoms with Crippen molar-refractivity contribution in [2.75, 3.05) is 6.79 Å². The summed E-state index contributed by atoms with van der Waals surface area (Å²) < 4.78 is 10.7. The number of fused-ring (bicyclic) bond motifs is 1. The van der Waals surface area contributed by atoms with Gasteiger partial charge in [-0.2, -0.15) is 0 Å². The molecule has 3 N–H and O–H groups in total. The Morgan fingerprint density at radius 1 is 1.24 bits per heavy atom. The van der Waals surface area contributed by atoms with Crippen molar-refractivity contribution in [2.24, 2.45) is 5.73 Å². The van der Waals surface area contributed by atoms with E-state index in [-0.39, 0.29) is 24.8 Å². The van der Waals surface area contributed by atoms with E-state index >= 15 is 0 Å². The molecule has 1 aliphatic heterocycles. The highest BCUT2D eigenvalue weighted by atomic mass is 32.1. The third-order valence-electron chi connectivity index (χ3n) is 4.65. The van der Waals surface area contributed by atoms with E-state index in [9.17, 15) is 4.79 Å². The molecule has 1 amide bonds. The van der Waals surface area contributed by atoms with Crippen LogP contribution in [0.2, 0.25) is 0 Å². The molecule has 7 heteroatoms. The van der Waals surface area contributed by atoms with Crippen LogP contribution < -0.4 is 20.5 Å². The number of nitrogens with two attached hydrogens (primary N) is 1. The molecule has 0 atom stereocenters. The van der Waals surface area contributed by atoms with Gasteiger partial charge in [0.15, 0.2) is 11.5 Å². The topological polar surface area (TPSA) is 86.5 Å². The van der Waals surface area contributed by atoms with E-state index in [1.807, 2.05) is 23.6 Å². The molecular formula is C18H21N3O3S. The summed E-state index contributed by atoms with van der Waals surface area (Å²) in [7, 11) is 0. The van der Waals surface area contributed by atoms with Gasteiger partial charge in [-0.3, -0.25) is 4.79 Å². The monoisotopic (exact) mass is 359 g/mol. The zero-order valence-electron chi connectivity index (χ0n) is 13.9. The second-order valence-corrected chi connectivity index (χ2v) is 7.43. The first kappa shape index (κ1) is 16.4. The third kappa shape index (κ3) is 3.77. The quantitative estimate of drug-likeness (QED) is 0.876. The third-order valence-corrected chi connectivity index (χ3v) is 5.59. The number of rotatable bonds is 4. The summed E-state index contributed by atoms with van der Waals surface area (Å²) in [5.74, 6) is 1.53.